The van der Waals surface area contributed by atoms with E-state index >= 15 is 0 Å². The van der Waals surface area contributed by atoms with Crippen molar-refractivity contribution in [1.82, 2.24) is 14.1 Å². The third-order valence-corrected chi connectivity index (χ3v) is 4.64. The number of ether oxygens (including phenoxy) is 1. The van der Waals surface area contributed by atoms with Gasteiger partial charge in [-0.15, -0.1) is 0 Å². The number of hydrogen-bond donors (Lipinski definition) is 1. The Morgan fingerprint density at radius 3 is 2.68 bits per heavy atom. The van der Waals surface area contributed by atoms with Gasteiger partial charge in [-0.05, 0) is 0 Å². The van der Waals surface area contributed by atoms with E-state index in [1.165, 1.54) is 20.4 Å². The highest BCUT2D eigenvalue weighted by atomic mass is 35.5. The van der Waals surface area contributed by atoms with E-state index < -0.39 is 22.5 Å². The first-order valence-corrected chi connectivity index (χ1v) is 7.01. The fraction of sp³-hybridized carbons (Fsp3) is 0.556. The molecule has 1 aromatic heterocycles. The Balaban J connectivity index is 3.15. The summed E-state index contributed by atoms with van der Waals surface area (Å²) in [7, 11) is -1.24. The number of hydrogen-bond acceptors (Lipinski definition) is 5. The number of carbonyl (C=O) groups is 1. The molecule has 0 atom stereocenters. The van der Waals surface area contributed by atoms with E-state index in [2.05, 4.69) is 5.10 Å². The standard InChI is InChI=1S/C9H14ClN3O5S/c1-12-9(7(10)5-11-12)19(16,17)13(3-4-18-2)6-8(14)15/h5H,3-4,6H2,1-2H3,(H,14,15). The van der Waals surface area contributed by atoms with Crippen molar-refractivity contribution in [2.75, 3.05) is 26.8 Å². The molecule has 0 aliphatic carbocycles. The van der Waals surface area contributed by atoms with E-state index in [4.69, 9.17) is 21.4 Å². The molecule has 0 saturated heterocycles. The zero-order chi connectivity index (χ0) is 14.6. The van der Waals surface area contributed by atoms with Gasteiger partial charge in [0.05, 0.1) is 17.8 Å². The van der Waals surface area contributed by atoms with Crippen molar-refractivity contribution in [3.8, 4) is 0 Å². The Bertz CT molecular complexity index is 537. The molecule has 108 valence electrons. The first-order valence-electron chi connectivity index (χ1n) is 5.19. The molecule has 0 aliphatic rings. The summed E-state index contributed by atoms with van der Waals surface area (Å²) >= 11 is 5.78. The lowest BCUT2D eigenvalue weighted by molar-refractivity contribution is -0.137. The van der Waals surface area contributed by atoms with Crippen LogP contribution in [0.5, 0.6) is 0 Å². The van der Waals surface area contributed by atoms with Gasteiger partial charge in [0.25, 0.3) is 10.0 Å². The maximum Gasteiger partial charge on any atom is 0.318 e. The van der Waals surface area contributed by atoms with Gasteiger partial charge in [0, 0.05) is 20.7 Å². The molecule has 10 heteroatoms. The van der Waals surface area contributed by atoms with Crippen LogP contribution < -0.4 is 0 Å². The van der Waals surface area contributed by atoms with Crippen LogP contribution in [0.1, 0.15) is 0 Å². The van der Waals surface area contributed by atoms with Gasteiger partial charge in [-0.1, -0.05) is 11.6 Å². The number of carboxylic acid groups (broad SMARTS) is 1. The Morgan fingerprint density at radius 2 is 2.26 bits per heavy atom. The maximum absolute atomic E-state index is 12.3. The average Bonchev–Trinajstić information content (AvgIpc) is 2.64. The van der Waals surface area contributed by atoms with E-state index in [0.717, 1.165) is 8.99 Å². The minimum absolute atomic E-state index is 0.0599. The number of sulfonamides is 1. The van der Waals surface area contributed by atoms with Crippen molar-refractivity contribution in [2.24, 2.45) is 7.05 Å². The summed E-state index contributed by atoms with van der Waals surface area (Å²) in [5.74, 6) is -1.27. The minimum atomic E-state index is -4.05. The number of aromatic nitrogens is 2. The zero-order valence-corrected chi connectivity index (χ0v) is 12.0. The molecule has 0 amide bonds. The van der Waals surface area contributed by atoms with Crippen LogP contribution in [-0.4, -0.2) is 60.4 Å². The van der Waals surface area contributed by atoms with E-state index in [0.29, 0.717) is 0 Å². The highest BCUT2D eigenvalue weighted by molar-refractivity contribution is 7.89. The second kappa shape index (κ2) is 6.33. The predicted octanol–water partition coefficient (Wildman–Crippen LogP) is -0.205. The van der Waals surface area contributed by atoms with Crippen LogP contribution in [0.15, 0.2) is 11.2 Å². The SMILES string of the molecule is COCCN(CC(=O)O)S(=O)(=O)c1c(Cl)cnn1C. The molecule has 1 heterocycles. The minimum Gasteiger partial charge on any atom is -0.480 e. The van der Waals surface area contributed by atoms with Gasteiger partial charge in [-0.2, -0.15) is 9.40 Å². The zero-order valence-electron chi connectivity index (χ0n) is 10.4. The van der Waals surface area contributed by atoms with Crippen LogP contribution in [0, 0.1) is 0 Å². The molecule has 1 aromatic rings. The number of aliphatic carboxylic acids is 1. The first kappa shape index (κ1) is 15.9. The number of rotatable bonds is 7. The van der Waals surface area contributed by atoms with Crippen molar-refractivity contribution in [2.45, 2.75) is 5.03 Å². The van der Waals surface area contributed by atoms with Crippen LogP contribution in [0.2, 0.25) is 5.02 Å². The van der Waals surface area contributed by atoms with E-state index in [1.54, 1.807) is 0 Å². The van der Waals surface area contributed by atoms with Gasteiger partial charge < -0.3 is 9.84 Å². The fourth-order valence-electron chi connectivity index (χ4n) is 1.44. The molecule has 0 saturated carbocycles. The summed E-state index contributed by atoms with van der Waals surface area (Å²) in [6.07, 6.45) is 1.18. The topological polar surface area (TPSA) is 102 Å². The molecule has 0 radical (unpaired) electrons. The number of aryl methyl sites for hydroxylation is 1. The van der Waals surface area contributed by atoms with Crippen LogP contribution >= 0.6 is 11.6 Å². The van der Waals surface area contributed by atoms with Crippen LogP contribution in [0.25, 0.3) is 0 Å². The Labute approximate surface area is 115 Å². The smallest absolute Gasteiger partial charge is 0.318 e. The van der Waals surface area contributed by atoms with E-state index in [9.17, 15) is 13.2 Å². The second-order valence-corrected chi connectivity index (χ2v) is 5.91. The molecule has 0 aliphatic heterocycles. The highest BCUT2D eigenvalue weighted by Gasteiger charge is 2.31. The molecule has 1 rings (SSSR count). The molecule has 0 fully saturated rings. The Morgan fingerprint density at radius 1 is 1.63 bits per heavy atom. The van der Waals surface area contributed by atoms with Crippen molar-refractivity contribution in [1.29, 1.82) is 0 Å². The van der Waals surface area contributed by atoms with Crippen LogP contribution in [0.3, 0.4) is 0 Å². The number of halogens is 1. The highest BCUT2D eigenvalue weighted by Crippen LogP contribution is 2.23. The van der Waals surface area contributed by atoms with Crippen molar-refractivity contribution < 1.29 is 23.1 Å². The molecule has 0 unspecified atom stereocenters. The third kappa shape index (κ3) is 3.66. The third-order valence-electron chi connectivity index (χ3n) is 2.28. The normalized spacial score (nSPS) is 12.0. The van der Waals surface area contributed by atoms with Gasteiger partial charge >= 0.3 is 5.97 Å². The first-order chi connectivity index (χ1) is 8.80. The molecule has 8 nitrogen and oxygen atoms in total. The molecular weight excluding hydrogens is 298 g/mol. The lowest BCUT2D eigenvalue weighted by atomic mass is 10.6. The van der Waals surface area contributed by atoms with Gasteiger partial charge in [0.1, 0.15) is 6.54 Å². The molecule has 1 N–H and O–H groups in total. The lowest BCUT2D eigenvalue weighted by Gasteiger charge is -2.19. The second-order valence-electron chi connectivity index (χ2n) is 3.65. The number of nitrogens with zero attached hydrogens (tertiary/aromatic N) is 3. The maximum atomic E-state index is 12.3. The molecule has 0 spiro atoms. The summed E-state index contributed by atoms with van der Waals surface area (Å²) in [6.45, 7) is -0.693. The average molecular weight is 312 g/mol. The van der Waals surface area contributed by atoms with Gasteiger partial charge in [-0.25, -0.2) is 8.42 Å². The van der Waals surface area contributed by atoms with Gasteiger partial charge in [0.2, 0.25) is 0 Å². The summed E-state index contributed by atoms with van der Waals surface area (Å²) in [5, 5.41) is 12.2. The molecule has 0 bridgehead atoms. The van der Waals surface area contributed by atoms with Crippen LogP contribution in [-0.2, 0) is 26.6 Å². The largest absolute Gasteiger partial charge is 0.480 e. The molecule has 19 heavy (non-hydrogen) atoms. The van der Waals surface area contributed by atoms with Gasteiger partial charge in [-0.3, -0.25) is 9.48 Å². The van der Waals surface area contributed by atoms with E-state index in [1.807, 2.05) is 0 Å². The van der Waals surface area contributed by atoms with Crippen molar-refractivity contribution in [3.63, 3.8) is 0 Å². The number of carboxylic acids is 1. The fourth-order valence-corrected chi connectivity index (χ4v) is 3.42. The molecular formula is C9H14ClN3O5S. The summed E-state index contributed by atoms with van der Waals surface area (Å²) in [5.41, 5.74) is 0. The summed E-state index contributed by atoms with van der Waals surface area (Å²) in [6, 6.07) is 0. The van der Waals surface area contributed by atoms with Crippen molar-refractivity contribution in [3.05, 3.63) is 11.2 Å². The monoisotopic (exact) mass is 311 g/mol. The quantitative estimate of drug-likeness (QED) is 0.748. The van der Waals surface area contributed by atoms with Crippen molar-refractivity contribution >= 4 is 27.6 Å². The van der Waals surface area contributed by atoms with Gasteiger partial charge in [0.15, 0.2) is 5.03 Å². The summed E-state index contributed by atoms with van der Waals surface area (Å²) < 4.78 is 31.3. The Hall–Kier alpha value is -1.16. The molecule has 0 aromatic carbocycles. The van der Waals surface area contributed by atoms with E-state index in [-0.39, 0.29) is 23.2 Å². The lowest BCUT2D eigenvalue weighted by Crippen LogP contribution is -2.38. The van der Waals surface area contributed by atoms with Crippen LogP contribution in [0.4, 0.5) is 0 Å². The number of methoxy groups -OCH3 is 1. The Kier molecular flexibility index (Phi) is 5.29. The predicted molar refractivity (Wildman–Crippen MR) is 66.5 cm³/mol. The summed E-state index contributed by atoms with van der Waals surface area (Å²) in [4.78, 5) is 10.8.